The number of rotatable bonds is 2. The Morgan fingerprint density at radius 1 is 0.652 bits per heavy atom. The third kappa shape index (κ3) is 1.71. The minimum absolute atomic E-state index is 0.238. The number of hydrogen-bond acceptors (Lipinski definition) is 1. The van der Waals surface area contributed by atoms with Crippen molar-refractivity contribution in [2.75, 3.05) is 0 Å². The van der Waals surface area contributed by atoms with Crippen molar-refractivity contribution in [1.82, 2.24) is 0 Å². The maximum Gasteiger partial charge on any atom is 0.191 e. The van der Waals surface area contributed by atoms with Gasteiger partial charge in [0.15, 0.2) is 5.78 Å². The molecule has 0 amide bonds. The maximum absolute atomic E-state index is 13.2. The summed E-state index contributed by atoms with van der Waals surface area (Å²) in [6.07, 6.45) is 5.58. The minimum Gasteiger partial charge on any atom is -0.289 e. The number of fused-ring (bicyclic) bond motifs is 4. The summed E-state index contributed by atoms with van der Waals surface area (Å²) in [5, 5.41) is 0. The molecule has 0 radical (unpaired) electrons. The van der Waals surface area contributed by atoms with Gasteiger partial charge in [-0.15, -0.1) is 0 Å². The van der Waals surface area contributed by atoms with Crippen molar-refractivity contribution in [3.8, 4) is 0 Å². The lowest BCUT2D eigenvalue weighted by atomic mass is 9.88. The predicted molar refractivity (Wildman–Crippen MR) is 92.5 cm³/mol. The summed E-state index contributed by atoms with van der Waals surface area (Å²) in [5.41, 5.74) is 6.58. The Hall–Kier alpha value is -2.67. The van der Waals surface area contributed by atoms with Crippen LogP contribution in [0.15, 0.2) is 84.0 Å². The highest BCUT2D eigenvalue weighted by molar-refractivity contribution is 6.41. The van der Waals surface area contributed by atoms with Gasteiger partial charge in [0.2, 0.25) is 0 Å². The summed E-state index contributed by atoms with van der Waals surface area (Å²) in [6.45, 7) is 0. The van der Waals surface area contributed by atoms with E-state index in [1.54, 1.807) is 0 Å². The zero-order chi connectivity index (χ0) is 15.4. The standard InChI is InChI=1S/C22H16O/c23-22-20(15-9-5-2-6-10-15)18(14-7-3-1-4-8-14)19-16-11-12-17(13-16)21(19)22/h1-12,16-17H,13H2. The van der Waals surface area contributed by atoms with E-state index in [1.165, 1.54) is 5.57 Å². The molecule has 0 saturated carbocycles. The smallest absolute Gasteiger partial charge is 0.191 e. The average Bonchev–Trinajstić information content (AvgIpc) is 3.29. The number of benzene rings is 2. The van der Waals surface area contributed by atoms with Crippen LogP contribution in [-0.2, 0) is 4.79 Å². The largest absolute Gasteiger partial charge is 0.289 e. The van der Waals surface area contributed by atoms with E-state index in [2.05, 4.69) is 36.4 Å². The van der Waals surface area contributed by atoms with E-state index in [0.29, 0.717) is 11.8 Å². The first-order chi connectivity index (χ1) is 11.3. The van der Waals surface area contributed by atoms with Crippen LogP contribution in [0.5, 0.6) is 0 Å². The fourth-order valence-electron chi connectivity index (χ4n) is 4.31. The van der Waals surface area contributed by atoms with E-state index in [4.69, 9.17) is 0 Å². The van der Waals surface area contributed by atoms with Crippen LogP contribution >= 0.6 is 0 Å². The number of carbonyl (C=O) groups excluding carboxylic acids is 1. The van der Waals surface area contributed by atoms with Crippen molar-refractivity contribution in [2.45, 2.75) is 6.42 Å². The number of carbonyl (C=O) groups is 1. The molecule has 23 heavy (non-hydrogen) atoms. The van der Waals surface area contributed by atoms with Gasteiger partial charge in [0.1, 0.15) is 0 Å². The summed E-state index contributed by atoms with van der Waals surface area (Å²) in [6, 6.07) is 20.5. The number of allylic oxidation sites excluding steroid dienone is 6. The quantitative estimate of drug-likeness (QED) is 0.735. The Balaban J connectivity index is 1.79. The third-order valence-corrected chi connectivity index (χ3v) is 5.23. The highest BCUT2D eigenvalue weighted by Gasteiger charge is 2.46. The topological polar surface area (TPSA) is 17.1 Å². The van der Waals surface area contributed by atoms with Crippen molar-refractivity contribution in [2.24, 2.45) is 11.8 Å². The van der Waals surface area contributed by atoms with Gasteiger partial charge in [0, 0.05) is 23.0 Å². The Morgan fingerprint density at radius 3 is 1.78 bits per heavy atom. The lowest BCUT2D eigenvalue weighted by molar-refractivity contribution is -0.110. The molecule has 0 fully saturated rings. The molecule has 1 heteroatoms. The maximum atomic E-state index is 13.2. The van der Waals surface area contributed by atoms with Gasteiger partial charge in [-0.05, 0) is 28.7 Å². The van der Waals surface area contributed by atoms with Gasteiger partial charge < -0.3 is 0 Å². The van der Waals surface area contributed by atoms with Crippen LogP contribution in [0.2, 0.25) is 0 Å². The van der Waals surface area contributed by atoms with Crippen molar-refractivity contribution in [1.29, 1.82) is 0 Å². The van der Waals surface area contributed by atoms with Gasteiger partial charge in [-0.2, -0.15) is 0 Å². The molecule has 3 aliphatic rings. The Bertz CT molecular complexity index is 898. The molecule has 110 valence electrons. The number of hydrogen-bond donors (Lipinski definition) is 0. The van der Waals surface area contributed by atoms with Gasteiger partial charge in [-0.1, -0.05) is 72.8 Å². The fraction of sp³-hybridized carbons (Fsp3) is 0.136. The van der Waals surface area contributed by atoms with Gasteiger partial charge in [-0.3, -0.25) is 4.79 Å². The van der Waals surface area contributed by atoms with E-state index in [1.807, 2.05) is 36.4 Å². The molecule has 1 nitrogen and oxygen atoms in total. The summed E-state index contributed by atoms with van der Waals surface area (Å²) in [4.78, 5) is 13.2. The molecule has 3 aliphatic carbocycles. The molecule has 2 atom stereocenters. The number of Topliss-reactive ketones (excluding diaryl/α,β-unsaturated/α-hetero) is 1. The summed E-state index contributed by atoms with van der Waals surface area (Å²) in [7, 11) is 0. The van der Waals surface area contributed by atoms with E-state index >= 15 is 0 Å². The van der Waals surface area contributed by atoms with Crippen LogP contribution in [0.3, 0.4) is 0 Å². The highest BCUT2D eigenvalue weighted by Crippen LogP contribution is 2.56. The fourth-order valence-corrected chi connectivity index (χ4v) is 4.31. The first kappa shape index (κ1) is 12.8. The molecule has 2 bridgehead atoms. The van der Waals surface area contributed by atoms with Crippen LogP contribution in [0.4, 0.5) is 0 Å². The SMILES string of the molecule is O=C1C(c2ccccc2)=C(c2ccccc2)C2=C1C1C=CC2C1. The minimum atomic E-state index is 0.238. The second kappa shape index (κ2) is 4.66. The lowest BCUT2D eigenvalue weighted by Crippen LogP contribution is -2.07. The monoisotopic (exact) mass is 296 g/mol. The van der Waals surface area contributed by atoms with Gasteiger partial charge in [-0.25, -0.2) is 0 Å². The normalized spacial score (nSPS) is 24.8. The van der Waals surface area contributed by atoms with Crippen LogP contribution < -0.4 is 0 Å². The van der Waals surface area contributed by atoms with Crippen LogP contribution in [0, 0.1) is 11.8 Å². The van der Waals surface area contributed by atoms with E-state index < -0.39 is 0 Å². The molecule has 0 spiro atoms. The molecular weight excluding hydrogens is 280 g/mol. The van der Waals surface area contributed by atoms with Crippen LogP contribution in [-0.4, -0.2) is 5.78 Å². The zero-order valence-electron chi connectivity index (χ0n) is 12.7. The zero-order valence-corrected chi connectivity index (χ0v) is 12.7. The van der Waals surface area contributed by atoms with Gasteiger partial charge in [0.05, 0.1) is 0 Å². The average molecular weight is 296 g/mol. The summed E-state index contributed by atoms with van der Waals surface area (Å²) >= 11 is 0. The van der Waals surface area contributed by atoms with Crippen LogP contribution in [0.25, 0.3) is 11.1 Å². The number of ketones is 1. The van der Waals surface area contributed by atoms with Crippen molar-refractivity contribution in [3.63, 3.8) is 0 Å². The van der Waals surface area contributed by atoms with Crippen molar-refractivity contribution in [3.05, 3.63) is 95.1 Å². The lowest BCUT2D eigenvalue weighted by Gasteiger charge is -2.15. The first-order valence-corrected chi connectivity index (χ1v) is 8.17. The molecule has 0 saturated heterocycles. The molecule has 5 rings (SSSR count). The molecule has 2 unspecified atom stereocenters. The third-order valence-electron chi connectivity index (χ3n) is 5.23. The van der Waals surface area contributed by atoms with Gasteiger partial charge >= 0.3 is 0 Å². The van der Waals surface area contributed by atoms with E-state index in [9.17, 15) is 4.79 Å². The van der Waals surface area contributed by atoms with E-state index in [-0.39, 0.29) is 5.78 Å². The second-order valence-electron chi connectivity index (χ2n) is 6.47. The van der Waals surface area contributed by atoms with E-state index in [0.717, 1.165) is 34.3 Å². The van der Waals surface area contributed by atoms with Gasteiger partial charge in [0.25, 0.3) is 0 Å². The molecule has 0 aromatic heterocycles. The summed E-state index contributed by atoms with van der Waals surface area (Å²) < 4.78 is 0. The molecule has 2 aromatic rings. The van der Waals surface area contributed by atoms with Crippen molar-refractivity contribution < 1.29 is 4.79 Å². The molecular formula is C22H16O. The van der Waals surface area contributed by atoms with Crippen LogP contribution in [0.1, 0.15) is 17.5 Å². The predicted octanol–water partition coefficient (Wildman–Crippen LogP) is 4.68. The molecule has 2 aromatic carbocycles. The Kier molecular flexibility index (Phi) is 2.60. The molecule has 0 aliphatic heterocycles. The molecule has 0 N–H and O–H groups in total. The first-order valence-electron chi connectivity index (χ1n) is 8.17. The Morgan fingerprint density at radius 2 is 1.17 bits per heavy atom. The summed E-state index contributed by atoms with van der Waals surface area (Å²) in [5.74, 6) is 0.972. The highest BCUT2D eigenvalue weighted by atomic mass is 16.1. The Labute approximate surface area is 135 Å². The van der Waals surface area contributed by atoms with Crippen molar-refractivity contribution >= 4 is 16.9 Å². The molecule has 0 heterocycles. The second-order valence-corrected chi connectivity index (χ2v) is 6.47.